The van der Waals surface area contributed by atoms with E-state index >= 15 is 0 Å². The minimum Gasteiger partial charge on any atom is -0.371 e. The lowest BCUT2D eigenvalue weighted by Crippen LogP contribution is -2.50. The highest BCUT2D eigenvalue weighted by Crippen LogP contribution is 2.37. The van der Waals surface area contributed by atoms with E-state index < -0.39 is 0 Å². The molecule has 4 nitrogen and oxygen atoms in total. The Balaban J connectivity index is 1.67. The summed E-state index contributed by atoms with van der Waals surface area (Å²) in [5.41, 5.74) is 0.760. The molecule has 1 aromatic rings. The predicted molar refractivity (Wildman–Crippen MR) is 77.6 cm³/mol. The third kappa shape index (κ3) is 3.06. The average molecular weight is 276 g/mol. The lowest BCUT2D eigenvalue weighted by Gasteiger charge is -2.38. The van der Waals surface area contributed by atoms with E-state index in [1.54, 1.807) is 12.4 Å². The Bertz CT molecular complexity index is 439. The van der Waals surface area contributed by atoms with E-state index in [2.05, 4.69) is 11.9 Å². The van der Waals surface area contributed by atoms with Crippen molar-refractivity contribution in [3.05, 3.63) is 24.0 Å². The van der Waals surface area contributed by atoms with Gasteiger partial charge in [0.1, 0.15) is 0 Å². The van der Waals surface area contributed by atoms with Gasteiger partial charge in [-0.1, -0.05) is 19.8 Å². The van der Waals surface area contributed by atoms with Crippen LogP contribution in [0.5, 0.6) is 0 Å². The number of morpholine rings is 1. The maximum Gasteiger partial charge on any atom is 0.255 e. The van der Waals surface area contributed by atoms with Crippen LogP contribution in [-0.4, -0.2) is 41.1 Å². The summed E-state index contributed by atoms with van der Waals surface area (Å²) in [6.45, 7) is 3.70. The number of hydrogen-bond acceptors (Lipinski definition) is 2. The van der Waals surface area contributed by atoms with Crippen LogP contribution in [0.3, 0.4) is 0 Å². The molecule has 1 saturated heterocycles. The number of ether oxygens (including phenoxy) is 1. The molecule has 1 amide bonds. The van der Waals surface area contributed by atoms with E-state index in [1.165, 1.54) is 25.7 Å². The Morgan fingerprint density at radius 3 is 2.95 bits per heavy atom. The second-order valence-corrected chi connectivity index (χ2v) is 6.09. The Hall–Kier alpha value is -1.29. The quantitative estimate of drug-likeness (QED) is 0.899. The highest BCUT2D eigenvalue weighted by Gasteiger charge is 2.39. The van der Waals surface area contributed by atoms with E-state index in [9.17, 15) is 4.79 Å². The van der Waals surface area contributed by atoms with Gasteiger partial charge < -0.3 is 14.6 Å². The van der Waals surface area contributed by atoms with Gasteiger partial charge in [0.2, 0.25) is 0 Å². The first-order valence-corrected chi connectivity index (χ1v) is 7.85. The highest BCUT2D eigenvalue weighted by atomic mass is 16.5. The fourth-order valence-electron chi connectivity index (χ4n) is 3.00. The summed E-state index contributed by atoms with van der Waals surface area (Å²) in [6, 6.07) is 1.85. The minimum atomic E-state index is 0.140. The summed E-state index contributed by atoms with van der Waals surface area (Å²) in [5.74, 6) is 0.822. The van der Waals surface area contributed by atoms with Crippen molar-refractivity contribution < 1.29 is 9.53 Å². The first-order valence-electron chi connectivity index (χ1n) is 7.85. The van der Waals surface area contributed by atoms with Crippen molar-refractivity contribution in [2.24, 2.45) is 5.92 Å². The first-order chi connectivity index (χ1) is 9.78. The first kappa shape index (κ1) is 13.7. The monoisotopic (exact) mass is 276 g/mol. The molecule has 1 aliphatic heterocycles. The molecule has 3 rings (SSSR count). The number of nitrogens with one attached hydrogen (secondary N) is 1. The number of nitrogens with zero attached hydrogens (tertiary/aromatic N) is 1. The molecule has 2 atom stereocenters. The van der Waals surface area contributed by atoms with E-state index in [-0.39, 0.29) is 18.1 Å². The van der Waals surface area contributed by atoms with Crippen LogP contribution in [0.2, 0.25) is 0 Å². The van der Waals surface area contributed by atoms with Crippen molar-refractivity contribution in [2.45, 2.75) is 51.2 Å². The summed E-state index contributed by atoms with van der Waals surface area (Å²) in [4.78, 5) is 17.5. The molecule has 1 aromatic heterocycles. The molecule has 0 bridgehead atoms. The van der Waals surface area contributed by atoms with Gasteiger partial charge in [-0.05, 0) is 31.2 Å². The van der Waals surface area contributed by atoms with Crippen molar-refractivity contribution >= 4 is 5.91 Å². The molecule has 2 heterocycles. The van der Waals surface area contributed by atoms with E-state index in [1.807, 2.05) is 11.0 Å². The third-order valence-electron chi connectivity index (χ3n) is 4.35. The minimum absolute atomic E-state index is 0.140. The van der Waals surface area contributed by atoms with Crippen LogP contribution in [0, 0.1) is 5.92 Å². The molecular weight excluding hydrogens is 252 g/mol. The van der Waals surface area contributed by atoms with Crippen LogP contribution in [-0.2, 0) is 4.74 Å². The van der Waals surface area contributed by atoms with Gasteiger partial charge in [-0.15, -0.1) is 0 Å². The number of aromatic amines is 1. The second kappa shape index (κ2) is 6.00. The number of H-pyrrole nitrogens is 1. The molecular formula is C16H24N2O2. The smallest absolute Gasteiger partial charge is 0.255 e. The van der Waals surface area contributed by atoms with Crippen molar-refractivity contribution in [1.29, 1.82) is 0 Å². The fraction of sp³-hybridized carbons (Fsp3) is 0.688. The Morgan fingerprint density at radius 2 is 2.30 bits per heavy atom. The van der Waals surface area contributed by atoms with Crippen molar-refractivity contribution in [2.75, 3.05) is 13.1 Å². The van der Waals surface area contributed by atoms with Gasteiger partial charge in [0.05, 0.1) is 17.8 Å². The molecule has 0 aromatic carbocycles. The largest absolute Gasteiger partial charge is 0.371 e. The van der Waals surface area contributed by atoms with Crippen LogP contribution >= 0.6 is 0 Å². The van der Waals surface area contributed by atoms with Crippen LogP contribution in [0.4, 0.5) is 0 Å². The molecule has 0 unspecified atom stereocenters. The van der Waals surface area contributed by atoms with E-state index in [0.29, 0.717) is 5.92 Å². The molecule has 20 heavy (non-hydrogen) atoms. The molecule has 1 saturated carbocycles. The number of rotatable bonds is 5. The van der Waals surface area contributed by atoms with Gasteiger partial charge in [0.15, 0.2) is 0 Å². The Kier molecular flexibility index (Phi) is 4.10. The predicted octanol–water partition coefficient (Wildman–Crippen LogP) is 2.82. The molecule has 4 heteroatoms. The average Bonchev–Trinajstić information content (AvgIpc) is 3.19. The number of carbonyl (C=O) groups excluding carboxylic acids is 1. The zero-order valence-electron chi connectivity index (χ0n) is 12.2. The van der Waals surface area contributed by atoms with Gasteiger partial charge in [0.25, 0.3) is 5.91 Å². The van der Waals surface area contributed by atoms with Crippen molar-refractivity contribution in [3.63, 3.8) is 0 Å². The molecule has 0 spiro atoms. The molecule has 110 valence electrons. The van der Waals surface area contributed by atoms with Gasteiger partial charge in [-0.2, -0.15) is 0 Å². The zero-order valence-corrected chi connectivity index (χ0v) is 12.2. The van der Waals surface area contributed by atoms with E-state index in [0.717, 1.165) is 25.1 Å². The summed E-state index contributed by atoms with van der Waals surface area (Å²) in [7, 11) is 0. The van der Waals surface area contributed by atoms with Crippen LogP contribution in [0.15, 0.2) is 18.5 Å². The van der Waals surface area contributed by atoms with Crippen LogP contribution in [0.25, 0.3) is 0 Å². The Labute approximate surface area is 120 Å². The number of aromatic nitrogens is 1. The number of hydrogen-bond donors (Lipinski definition) is 1. The van der Waals surface area contributed by atoms with Gasteiger partial charge in [0, 0.05) is 25.5 Å². The van der Waals surface area contributed by atoms with Gasteiger partial charge >= 0.3 is 0 Å². The van der Waals surface area contributed by atoms with Gasteiger partial charge in [-0.25, -0.2) is 0 Å². The fourth-order valence-corrected chi connectivity index (χ4v) is 3.00. The summed E-state index contributed by atoms with van der Waals surface area (Å²) >= 11 is 0. The summed E-state index contributed by atoms with van der Waals surface area (Å²) in [6.07, 6.45) is 10.0. The maximum absolute atomic E-state index is 12.5. The molecule has 2 fully saturated rings. The number of unbranched alkanes of at least 4 members (excludes halogenated alkanes) is 1. The number of carbonyl (C=O) groups is 1. The summed E-state index contributed by atoms with van der Waals surface area (Å²) < 4.78 is 6.21. The third-order valence-corrected chi connectivity index (χ3v) is 4.35. The van der Waals surface area contributed by atoms with Crippen LogP contribution in [0.1, 0.15) is 49.4 Å². The Morgan fingerprint density at radius 1 is 1.45 bits per heavy atom. The topological polar surface area (TPSA) is 45.3 Å². The molecule has 1 N–H and O–H groups in total. The molecule has 1 aliphatic carbocycles. The number of amides is 1. The van der Waals surface area contributed by atoms with Crippen molar-refractivity contribution in [1.82, 2.24) is 9.88 Å². The molecule has 2 aliphatic rings. The van der Waals surface area contributed by atoms with Crippen LogP contribution < -0.4 is 0 Å². The van der Waals surface area contributed by atoms with Crippen molar-refractivity contribution in [3.8, 4) is 0 Å². The molecule has 0 radical (unpaired) electrons. The normalized spacial score (nSPS) is 26.8. The SMILES string of the molecule is CCCC[C@@H]1CN(C(=O)c2cc[nH]c2)C[C@H](C2CC2)O1. The van der Waals surface area contributed by atoms with Gasteiger partial charge in [-0.3, -0.25) is 4.79 Å². The maximum atomic E-state index is 12.5. The standard InChI is InChI=1S/C16H24N2O2/c1-2-3-4-14-10-18(11-15(20-14)12-5-6-12)16(19)13-7-8-17-9-13/h7-9,12,14-15,17H,2-6,10-11H2,1H3/t14-,15-/m1/s1. The lowest BCUT2D eigenvalue weighted by atomic mass is 10.1. The highest BCUT2D eigenvalue weighted by molar-refractivity contribution is 5.94. The summed E-state index contributed by atoms with van der Waals surface area (Å²) in [5, 5.41) is 0. The zero-order chi connectivity index (χ0) is 13.9. The lowest BCUT2D eigenvalue weighted by molar-refractivity contribution is -0.0874. The van der Waals surface area contributed by atoms with E-state index in [4.69, 9.17) is 4.74 Å². The second-order valence-electron chi connectivity index (χ2n) is 6.09.